The van der Waals surface area contributed by atoms with Crippen molar-refractivity contribution < 1.29 is 4.39 Å². The zero-order chi connectivity index (χ0) is 10.7. The first-order valence-corrected chi connectivity index (χ1v) is 5.33. The lowest BCUT2D eigenvalue weighted by Gasteiger charge is -2.15. The summed E-state index contributed by atoms with van der Waals surface area (Å²) in [6.07, 6.45) is 0.842. The molecule has 0 amide bonds. The van der Waals surface area contributed by atoms with Crippen LogP contribution in [0.3, 0.4) is 0 Å². The molecule has 0 aliphatic rings. The molecule has 0 bridgehead atoms. The first kappa shape index (κ1) is 11.5. The smallest absolute Gasteiger partial charge is 0.123 e. The quantitative estimate of drug-likeness (QED) is 0.669. The summed E-state index contributed by atoms with van der Waals surface area (Å²) < 4.78 is 13.0. The van der Waals surface area contributed by atoms with E-state index in [1.807, 2.05) is 19.9 Å². The van der Waals surface area contributed by atoms with Crippen molar-refractivity contribution in [1.82, 2.24) is 0 Å². The lowest BCUT2D eigenvalue weighted by Crippen LogP contribution is -2.11. The molecule has 0 spiro atoms. The number of alkyl halides is 1. The number of rotatable bonds is 3. The largest absolute Gasteiger partial charge is 0.207 e. The fourth-order valence-electron chi connectivity index (χ4n) is 1.37. The van der Waals surface area contributed by atoms with E-state index in [-0.39, 0.29) is 11.2 Å². The Morgan fingerprint density at radius 1 is 1.36 bits per heavy atom. The van der Waals surface area contributed by atoms with Gasteiger partial charge in [0.15, 0.2) is 0 Å². The molecular formula is C12H16ClF. The second kappa shape index (κ2) is 4.79. The molecule has 14 heavy (non-hydrogen) atoms. The standard InChI is InChI=1S/C12H16ClF/c1-8-4-5-12(14)7-11(8)6-9(2)10(3)13/h4-5,7,9-10H,6H2,1-3H3. The molecule has 0 aromatic heterocycles. The molecule has 2 heteroatoms. The van der Waals surface area contributed by atoms with Crippen LogP contribution in [-0.4, -0.2) is 5.38 Å². The number of halogens is 2. The van der Waals surface area contributed by atoms with Gasteiger partial charge in [-0.05, 0) is 49.4 Å². The Labute approximate surface area is 90.1 Å². The summed E-state index contributed by atoms with van der Waals surface area (Å²) in [7, 11) is 0. The molecule has 1 rings (SSSR count). The molecular weight excluding hydrogens is 199 g/mol. The highest BCUT2D eigenvalue weighted by molar-refractivity contribution is 6.20. The second-order valence-corrected chi connectivity index (χ2v) is 4.62. The van der Waals surface area contributed by atoms with Crippen molar-refractivity contribution in [2.24, 2.45) is 5.92 Å². The van der Waals surface area contributed by atoms with E-state index in [0.717, 1.165) is 17.5 Å². The third kappa shape index (κ3) is 2.98. The van der Waals surface area contributed by atoms with Gasteiger partial charge in [-0.3, -0.25) is 0 Å². The average Bonchev–Trinajstić information content (AvgIpc) is 2.11. The van der Waals surface area contributed by atoms with Crippen molar-refractivity contribution in [3.05, 3.63) is 35.1 Å². The summed E-state index contributed by atoms with van der Waals surface area (Å²) in [5.41, 5.74) is 2.19. The Morgan fingerprint density at radius 3 is 2.57 bits per heavy atom. The second-order valence-electron chi connectivity index (χ2n) is 3.93. The Bertz CT molecular complexity index is 307. The normalized spacial score (nSPS) is 15.2. The van der Waals surface area contributed by atoms with Gasteiger partial charge in [-0.25, -0.2) is 4.39 Å². The minimum atomic E-state index is -0.167. The van der Waals surface area contributed by atoms with Gasteiger partial charge in [-0.2, -0.15) is 0 Å². The molecule has 0 saturated carbocycles. The molecule has 0 N–H and O–H groups in total. The van der Waals surface area contributed by atoms with Crippen LogP contribution in [0.4, 0.5) is 4.39 Å². The molecule has 0 saturated heterocycles. The van der Waals surface area contributed by atoms with Crippen LogP contribution in [0, 0.1) is 18.7 Å². The first-order chi connectivity index (χ1) is 6.50. The van der Waals surface area contributed by atoms with Crippen molar-refractivity contribution in [3.8, 4) is 0 Å². The average molecular weight is 215 g/mol. The predicted octanol–water partition coefficient (Wildman–Crippen LogP) is 3.94. The number of hydrogen-bond donors (Lipinski definition) is 0. The van der Waals surface area contributed by atoms with Crippen LogP contribution in [0.25, 0.3) is 0 Å². The maximum atomic E-state index is 13.0. The third-order valence-electron chi connectivity index (χ3n) is 2.64. The Balaban J connectivity index is 2.80. The van der Waals surface area contributed by atoms with Gasteiger partial charge in [0.05, 0.1) is 0 Å². The molecule has 1 aromatic rings. The maximum Gasteiger partial charge on any atom is 0.123 e. The molecule has 1 aromatic carbocycles. The lowest BCUT2D eigenvalue weighted by atomic mass is 9.95. The summed E-state index contributed by atoms with van der Waals surface area (Å²) in [6, 6.07) is 4.91. The molecule has 0 aliphatic carbocycles. The summed E-state index contributed by atoms with van der Waals surface area (Å²) in [5, 5.41) is 0.123. The Morgan fingerprint density at radius 2 is 2.00 bits per heavy atom. The Hall–Kier alpha value is -0.560. The fourth-order valence-corrected chi connectivity index (χ4v) is 1.46. The van der Waals surface area contributed by atoms with Gasteiger partial charge in [0.2, 0.25) is 0 Å². The van der Waals surface area contributed by atoms with E-state index < -0.39 is 0 Å². The highest BCUT2D eigenvalue weighted by Crippen LogP contribution is 2.19. The highest BCUT2D eigenvalue weighted by Gasteiger charge is 2.11. The number of aryl methyl sites for hydroxylation is 1. The first-order valence-electron chi connectivity index (χ1n) is 4.90. The summed E-state index contributed by atoms with van der Waals surface area (Å²) in [4.78, 5) is 0. The highest BCUT2D eigenvalue weighted by atomic mass is 35.5. The number of hydrogen-bond acceptors (Lipinski definition) is 0. The molecule has 0 nitrogen and oxygen atoms in total. The summed E-state index contributed by atoms with van der Waals surface area (Å²) in [6.45, 7) is 6.06. The van der Waals surface area contributed by atoms with Gasteiger partial charge >= 0.3 is 0 Å². The van der Waals surface area contributed by atoms with Crippen molar-refractivity contribution in [2.45, 2.75) is 32.6 Å². The summed E-state index contributed by atoms with van der Waals surface area (Å²) in [5.74, 6) is 0.206. The van der Waals surface area contributed by atoms with Gasteiger partial charge in [0, 0.05) is 5.38 Å². The molecule has 0 radical (unpaired) electrons. The van der Waals surface area contributed by atoms with E-state index in [4.69, 9.17) is 11.6 Å². The van der Waals surface area contributed by atoms with E-state index in [1.54, 1.807) is 6.07 Å². The van der Waals surface area contributed by atoms with E-state index >= 15 is 0 Å². The van der Waals surface area contributed by atoms with E-state index in [9.17, 15) is 4.39 Å². The van der Waals surface area contributed by atoms with E-state index in [2.05, 4.69) is 6.92 Å². The van der Waals surface area contributed by atoms with Crippen molar-refractivity contribution in [3.63, 3.8) is 0 Å². The van der Waals surface area contributed by atoms with Gasteiger partial charge in [-0.1, -0.05) is 13.0 Å². The SMILES string of the molecule is Cc1ccc(F)cc1CC(C)C(C)Cl. The predicted molar refractivity (Wildman–Crippen MR) is 59.3 cm³/mol. The van der Waals surface area contributed by atoms with Crippen molar-refractivity contribution in [2.75, 3.05) is 0 Å². The zero-order valence-corrected chi connectivity index (χ0v) is 9.61. The van der Waals surface area contributed by atoms with Crippen molar-refractivity contribution >= 4 is 11.6 Å². The fraction of sp³-hybridized carbons (Fsp3) is 0.500. The maximum absolute atomic E-state index is 13.0. The van der Waals surface area contributed by atoms with E-state index in [0.29, 0.717) is 5.92 Å². The number of benzene rings is 1. The van der Waals surface area contributed by atoms with Crippen LogP contribution in [-0.2, 0) is 6.42 Å². The van der Waals surface area contributed by atoms with Crippen LogP contribution in [0.2, 0.25) is 0 Å². The van der Waals surface area contributed by atoms with Crippen LogP contribution < -0.4 is 0 Å². The Kier molecular flexibility index (Phi) is 3.94. The third-order valence-corrected chi connectivity index (χ3v) is 3.07. The van der Waals surface area contributed by atoms with Gasteiger partial charge in [0.25, 0.3) is 0 Å². The minimum absolute atomic E-state index is 0.123. The van der Waals surface area contributed by atoms with Crippen LogP contribution >= 0.6 is 11.6 Å². The van der Waals surface area contributed by atoms with Crippen LogP contribution in [0.5, 0.6) is 0 Å². The van der Waals surface area contributed by atoms with Gasteiger partial charge in [-0.15, -0.1) is 11.6 Å². The topological polar surface area (TPSA) is 0 Å². The van der Waals surface area contributed by atoms with Gasteiger partial charge < -0.3 is 0 Å². The summed E-state index contributed by atoms with van der Waals surface area (Å²) >= 11 is 5.98. The molecule has 2 unspecified atom stereocenters. The monoisotopic (exact) mass is 214 g/mol. The van der Waals surface area contributed by atoms with Crippen LogP contribution in [0.1, 0.15) is 25.0 Å². The van der Waals surface area contributed by atoms with Gasteiger partial charge in [0.1, 0.15) is 5.82 Å². The van der Waals surface area contributed by atoms with E-state index in [1.165, 1.54) is 6.07 Å². The molecule has 0 aliphatic heterocycles. The minimum Gasteiger partial charge on any atom is -0.207 e. The van der Waals surface area contributed by atoms with Crippen molar-refractivity contribution in [1.29, 1.82) is 0 Å². The lowest BCUT2D eigenvalue weighted by molar-refractivity contribution is 0.561. The zero-order valence-electron chi connectivity index (χ0n) is 8.85. The molecule has 2 atom stereocenters. The molecule has 0 fully saturated rings. The molecule has 78 valence electrons. The molecule has 0 heterocycles. The van der Waals surface area contributed by atoms with Crippen LogP contribution in [0.15, 0.2) is 18.2 Å².